The first-order valence-corrected chi connectivity index (χ1v) is 10.6. The molecule has 1 atom stereocenters. The van der Waals surface area contributed by atoms with E-state index >= 15 is 0 Å². The van der Waals surface area contributed by atoms with Crippen LogP contribution in [-0.2, 0) is 6.42 Å². The molecule has 0 heterocycles. The minimum atomic E-state index is -0.761. The second-order valence-electron chi connectivity index (χ2n) is 4.64. The van der Waals surface area contributed by atoms with Gasteiger partial charge in [0.1, 0.15) is 6.17 Å². The quantitative estimate of drug-likeness (QED) is 0.474. The molecular weight excluding hydrogens is 309 g/mol. The number of anilines is 1. The van der Waals surface area contributed by atoms with Crippen molar-refractivity contribution in [3.63, 3.8) is 0 Å². The average molecular weight is 358 g/mol. The first-order valence-electron chi connectivity index (χ1n) is 10.6. The fraction of sp³-hybridized carbons (Fsp3) is 0.739. The molecule has 1 nitrogen and oxygen atoms in total. The smallest absolute Gasteiger partial charge is 0.101 e. The number of benzene rings is 1. The minimum Gasteiger partial charge on any atom is -0.372 e. The number of hydrogen-bond donors (Lipinski definition) is 0. The SMILES string of the molecule is CC.CC.CC.CC.CCCN(CCC)c1ccc(CC(C)F)cc1. The molecular formula is C23H48FN. The average Bonchev–Trinajstić information content (AvgIpc) is 2.68. The molecule has 1 unspecified atom stereocenters. The second-order valence-corrected chi connectivity index (χ2v) is 4.64. The lowest BCUT2D eigenvalue weighted by atomic mass is 10.1. The van der Waals surface area contributed by atoms with Gasteiger partial charge in [0, 0.05) is 25.2 Å². The third-order valence-corrected chi connectivity index (χ3v) is 2.81. The highest BCUT2D eigenvalue weighted by atomic mass is 19.1. The lowest BCUT2D eigenvalue weighted by molar-refractivity contribution is 0.360. The first-order chi connectivity index (χ1) is 12.2. The molecule has 0 N–H and O–H groups in total. The third kappa shape index (κ3) is 19.1. The molecule has 2 heteroatoms. The van der Waals surface area contributed by atoms with Crippen LogP contribution in [0, 0.1) is 0 Å². The number of alkyl halides is 1. The van der Waals surface area contributed by atoms with Gasteiger partial charge in [0.2, 0.25) is 0 Å². The molecule has 0 radical (unpaired) electrons. The van der Waals surface area contributed by atoms with Crippen molar-refractivity contribution in [3.8, 4) is 0 Å². The molecule has 1 aromatic rings. The molecule has 0 aromatic heterocycles. The van der Waals surface area contributed by atoms with Crippen molar-refractivity contribution in [2.45, 2.75) is 102 Å². The van der Waals surface area contributed by atoms with Crippen LogP contribution in [-0.4, -0.2) is 19.3 Å². The van der Waals surface area contributed by atoms with Gasteiger partial charge < -0.3 is 4.90 Å². The Labute approximate surface area is 160 Å². The number of rotatable bonds is 7. The summed E-state index contributed by atoms with van der Waals surface area (Å²) in [6.07, 6.45) is 2.07. The topological polar surface area (TPSA) is 3.24 Å². The third-order valence-electron chi connectivity index (χ3n) is 2.81. The maximum atomic E-state index is 12.9. The number of halogens is 1. The van der Waals surface area contributed by atoms with Gasteiger partial charge in [-0.1, -0.05) is 81.4 Å². The molecule has 1 rings (SSSR count). The second kappa shape index (κ2) is 27.8. The summed E-state index contributed by atoms with van der Waals surface area (Å²) >= 11 is 0. The summed E-state index contributed by atoms with van der Waals surface area (Å²) in [5.41, 5.74) is 2.33. The standard InChI is InChI=1S/C15H24FN.4C2H6/c1-4-10-17(11-5-2)15-8-6-14(7-9-15)12-13(3)16;4*1-2/h6-9,13H,4-5,10-12H2,1-3H3;4*1-2H3. The lowest BCUT2D eigenvalue weighted by Gasteiger charge is -2.24. The monoisotopic (exact) mass is 357 g/mol. The van der Waals surface area contributed by atoms with Gasteiger partial charge in [-0.15, -0.1) is 0 Å². The first kappa shape index (κ1) is 31.7. The van der Waals surface area contributed by atoms with Crippen LogP contribution >= 0.6 is 0 Å². The Hall–Kier alpha value is -1.05. The van der Waals surface area contributed by atoms with Crippen LogP contribution in [0.2, 0.25) is 0 Å². The van der Waals surface area contributed by atoms with Crippen molar-refractivity contribution in [3.05, 3.63) is 29.8 Å². The zero-order valence-electron chi connectivity index (χ0n) is 19.2. The molecule has 0 fully saturated rings. The summed E-state index contributed by atoms with van der Waals surface area (Å²) in [6.45, 7) is 24.2. The highest BCUT2D eigenvalue weighted by molar-refractivity contribution is 5.47. The summed E-state index contributed by atoms with van der Waals surface area (Å²) in [7, 11) is 0. The van der Waals surface area contributed by atoms with Crippen molar-refractivity contribution < 1.29 is 4.39 Å². The Bertz CT molecular complexity index is 300. The van der Waals surface area contributed by atoms with E-state index in [1.165, 1.54) is 5.69 Å². The Kier molecular flexibility index (Phi) is 35.2. The normalized spacial score (nSPS) is 9.44. The highest BCUT2D eigenvalue weighted by Crippen LogP contribution is 2.17. The van der Waals surface area contributed by atoms with Gasteiger partial charge >= 0.3 is 0 Å². The van der Waals surface area contributed by atoms with E-state index in [9.17, 15) is 4.39 Å². The van der Waals surface area contributed by atoms with Gasteiger partial charge in [-0.05, 0) is 37.5 Å². The van der Waals surface area contributed by atoms with E-state index < -0.39 is 6.17 Å². The Morgan fingerprint density at radius 2 is 1.12 bits per heavy atom. The Balaban J connectivity index is -0.000000241. The molecule has 0 saturated carbocycles. The van der Waals surface area contributed by atoms with Crippen molar-refractivity contribution >= 4 is 5.69 Å². The predicted molar refractivity (Wildman–Crippen MR) is 119 cm³/mol. The van der Waals surface area contributed by atoms with Crippen LogP contribution in [0.4, 0.5) is 10.1 Å². The summed E-state index contributed by atoms with van der Waals surface area (Å²) < 4.78 is 12.9. The van der Waals surface area contributed by atoms with Gasteiger partial charge in [-0.2, -0.15) is 0 Å². The van der Waals surface area contributed by atoms with E-state index in [1.54, 1.807) is 6.92 Å². The van der Waals surface area contributed by atoms with E-state index in [1.807, 2.05) is 67.5 Å². The molecule has 0 saturated heterocycles. The van der Waals surface area contributed by atoms with Crippen LogP contribution in [0.3, 0.4) is 0 Å². The summed E-state index contributed by atoms with van der Waals surface area (Å²) in [5.74, 6) is 0. The van der Waals surface area contributed by atoms with Gasteiger partial charge in [-0.25, -0.2) is 4.39 Å². The molecule has 152 valence electrons. The number of nitrogens with zero attached hydrogens (tertiary/aromatic N) is 1. The molecule has 1 aromatic carbocycles. The fourth-order valence-electron chi connectivity index (χ4n) is 2.08. The van der Waals surface area contributed by atoms with Crippen LogP contribution in [0.15, 0.2) is 24.3 Å². The highest BCUT2D eigenvalue weighted by Gasteiger charge is 2.05. The molecule has 0 bridgehead atoms. The molecule has 0 amide bonds. The van der Waals surface area contributed by atoms with Crippen molar-refractivity contribution in [2.75, 3.05) is 18.0 Å². The van der Waals surface area contributed by atoms with E-state index in [4.69, 9.17) is 0 Å². The molecule has 0 aliphatic heterocycles. The van der Waals surface area contributed by atoms with E-state index in [0.717, 1.165) is 31.5 Å². The largest absolute Gasteiger partial charge is 0.372 e. The van der Waals surface area contributed by atoms with Gasteiger partial charge in [0.25, 0.3) is 0 Å². The van der Waals surface area contributed by atoms with Crippen molar-refractivity contribution in [1.29, 1.82) is 0 Å². The summed E-state index contributed by atoms with van der Waals surface area (Å²) in [4.78, 5) is 2.39. The molecule has 0 aliphatic rings. The van der Waals surface area contributed by atoms with E-state index in [0.29, 0.717) is 6.42 Å². The van der Waals surface area contributed by atoms with Gasteiger partial charge in [-0.3, -0.25) is 0 Å². The van der Waals surface area contributed by atoms with Crippen molar-refractivity contribution in [1.82, 2.24) is 0 Å². The Morgan fingerprint density at radius 1 is 0.760 bits per heavy atom. The fourth-order valence-corrected chi connectivity index (χ4v) is 2.08. The summed E-state index contributed by atoms with van der Waals surface area (Å²) in [6, 6.07) is 8.32. The van der Waals surface area contributed by atoms with E-state index in [-0.39, 0.29) is 0 Å². The molecule has 25 heavy (non-hydrogen) atoms. The van der Waals surface area contributed by atoms with Crippen LogP contribution in [0.1, 0.15) is 94.6 Å². The molecule has 0 aliphatic carbocycles. The van der Waals surface area contributed by atoms with E-state index in [2.05, 4.69) is 30.9 Å². The maximum absolute atomic E-state index is 12.9. The van der Waals surface area contributed by atoms with Crippen LogP contribution in [0.5, 0.6) is 0 Å². The lowest BCUT2D eigenvalue weighted by Crippen LogP contribution is -2.24. The molecule has 0 spiro atoms. The maximum Gasteiger partial charge on any atom is 0.101 e. The number of hydrogen-bond acceptors (Lipinski definition) is 1. The van der Waals surface area contributed by atoms with Gasteiger partial charge in [0.05, 0.1) is 0 Å². The van der Waals surface area contributed by atoms with Crippen LogP contribution in [0.25, 0.3) is 0 Å². The zero-order chi connectivity index (χ0) is 20.7. The van der Waals surface area contributed by atoms with Crippen molar-refractivity contribution in [2.24, 2.45) is 0 Å². The van der Waals surface area contributed by atoms with Gasteiger partial charge in [0.15, 0.2) is 0 Å². The summed E-state index contributed by atoms with van der Waals surface area (Å²) in [5, 5.41) is 0. The van der Waals surface area contributed by atoms with Crippen LogP contribution < -0.4 is 4.90 Å². The Morgan fingerprint density at radius 3 is 1.40 bits per heavy atom. The minimum absolute atomic E-state index is 0.516. The predicted octanol–water partition coefficient (Wildman–Crippen LogP) is 8.32. The zero-order valence-corrected chi connectivity index (χ0v) is 19.2.